The van der Waals surface area contributed by atoms with Gasteiger partial charge in [0.05, 0.1) is 12.0 Å². The molecule has 5 heteroatoms. The molecule has 3 rings (SSSR count). The van der Waals surface area contributed by atoms with Crippen molar-refractivity contribution in [1.29, 1.82) is 0 Å². The molecule has 1 heterocycles. The summed E-state index contributed by atoms with van der Waals surface area (Å²) in [7, 11) is 0. The van der Waals surface area contributed by atoms with Gasteiger partial charge in [-0.3, -0.25) is 9.69 Å². The van der Waals surface area contributed by atoms with Crippen LogP contribution in [0.5, 0.6) is 0 Å². The van der Waals surface area contributed by atoms with Crippen LogP contribution in [-0.4, -0.2) is 28.1 Å². The van der Waals surface area contributed by atoms with Gasteiger partial charge in [-0.05, 0) is 30.9 Å². The molecule has 0 bridgehead atoms. The molecule has 0 aromatic heterocycles. The highest BCUT2D eigenvalue weighted by Crippen LogP contribution is 2.39. The predicted molar refractivity (Wildman–Crippen MR) is 97.5 cm³/mol. The third-order valence-corrected chi connectivity index (χ3v) is 4.93. The molecule has 136 valence electrons. The van der Waals surface area contributed by atoms with Gasteiger partial charge in [-0.25, -0.2) is 4.79 Å². The van der Waals surface area contributed by atoms with Crippen LogP contribution < -0.4 is 0 Å². The largest absolute Gasteiger partial charge is 0.481 e. The Balaban J connectivity index is 1.85. The van der Waals surface area contributed by atoms with Gasteiger partial charge in [-0.2, -0.15) is 0 Å². The Morgan fingerprint density at radius 3 is 2.27 bits per heavy atom. The first-order valence-corrected chi connectivity index (χ1v) is 8.84. The van der Waals surface area contributed by atoms with Gasteiger partial charge in [0.15, 0.2) is 0 Å². The highest BCUT2D eigenvalue weighted by atomic mass is 16.6. The third-order valence-electron chi connectivity index (χ3n) is 4.93. The Labute approximate surface area is 153 Å². The second-order valence-electron chi connectivity index (χ2n) is 6.67. The number of carboxylic acids is 1. The van der Waals surface area contributed by atoms with Crippen LogP contribution in [0, 0.1) is 5.92 Å². The summed E-state index contributed by atoms with van der Waals surface area (Å²) in [4.78, 5) is 26.3. The van der Waals surface area contributed by atoms with E-state index in [9.17, 15) is 14.7 Å². The number of carboxylic acid groups (broad SMARTS) is 1. The van der Waals surface area contributed by atoms with Crippen molar-refractivity contribution in [1.82, 2.24) is 4.90 Å². The molecule has 0 spiro atoms. The average Bonchev–Trinajstić information content (AvgIpc) is 2.67. The summed E-state index contributed by atoms with van der Waals surface area (Å²) in [6.07, 6.45) is 0.709. The smallest absolute Gasteiger partial charge is 0.410 e. The van der Waals surface area contributed by atoms with Gasteiger partial charge in [0, 0.05) is 6.04 Å². The normalized spacial score (nSPS) is 22.7. The van der Waals surface area contributed by atoms with Crippen LogP contribution in [0.4, 0.5) is 4.79 Å². The molecule has 5 nitrogen and oxygen atoms in total. The third kappa shape index (κ3) is 3.87. The van der Waals surface area contributed by atoms with Crippen LogP contribution in [0.1, 0.15) is 36.9 Å². The molecule has 2 aromatic carbocycles. The first-order valence-electron chi connectivity index (χ1n) is 8.84. The number of ether oxygens (including phenoxy) is 1. The summed E-state index contributed by atoms with van der Waals surface area (Å²) in [5.41, 5.74) is 1.72. The van der Waals surface area contributed by atoms with Gasteiger partial charge in [0.1, 0.15) is 6.61 Å². The minimum absolute atomic E-state index is 0.0842. The van der Waals surface area contributed by atoms with E-state index < -0.39 is 24.0 Å². The number of carbonyl (C=O) groups is 2. The molecule has 1 saturated heterocycles. The Hall–Kier alpha value is -2.82. The molecule has 1 aliphatic heterocycles. The van der Waals surface area contributed by atoms with Gasteiger partial charge in [-0.1, -0.05) is 60.7 Å². The number of benzene rings is 2. The van der Waals surface area contributed by atoms with E-state index in [1.807, 2.05) is 67.6 Å². The Bertz CT molecular complexity index is 747. The summed E-state index contributed by atoms with van der Waals surface area (Å²) >= 11 is 0. The lowest BCUT2D eigenvalue weighted by Crippen LogP contribution is -2.49. The van der Waals surface area contributed by atoms with E-state index in [1.165, 1.54) is 0 Å². The summed E-state index contributed by atoms with van der Waals surface area (Å²) < 4.78 is 5.51. The second kappa shape index (κ2) is 8.04. The lowest BCUT2D eigenvalue weighted by Gasteiger charge is -2.43. The fourth-order valence-corrected chi connectivity index (χ4v) is 3.57. The first kappa shape index (κ1) is 18.0. The SMILES string of the molecule is CC1CCC(C(=O)O)C(c2ccccc2)N1C(=O)OCc1ccccc1. The molecule has 1 N–H and O–H groups in total. The Morgan fingerprint density at radius 1 is 1.04 bits per heavy atom. The van der Waals surface area contributed by atoms with Crippen LogP contribution in [-0.2, 0) is 16.1 Å². The minimum atomic E-state index is -0.883. The number of hydrogen-bond donors (Lipinski definition) is 1. The molecule has 26 heavy (non-hydrogen) atoms. The maximum Gasteiger partial charge on any atom is 0.410 e. The van der Waals surface area contributed by atoms with Gasteiger partial charge < -0.3 is 9.84 Å². The zero-order valence-electron chi connectivity index (χ0n) is 14.7. The maximum atomic E-state index is 12.8. The van der Waals surface area contributed by atoms with E-state index in [0.717, 1.165) is 11.1 Å². The number of nitrogens with zero attached hydrogens (tertiary/aromatic N) is 1. The van der Waals surface area contributed by atoms with Crippen molar-refractivity contribution in [3.63, 3.8) is 0 Å². The minimum Gasteiger partial charge on any atom is -0.481 e. The van der Waals surface area contributed by atoms with Crippen molar-refractivity contribution in [2.75, 3.05) is 0 Å². The van der Waals surface area contributed by atoms with Crippen LogP contribution in [0.15, 0.2) is 60.7 Å². The molecule has 1 fully saturated rings. The Kier molecular flexibility index (Phi) is 5.56. The van der Waals surface area contributed by atoms with E-state index in [4.69, 9.17) is 4.74 Å². The molecule has 1 amide bonds. The summed E-state index contributed by atoms with van der Waals surface area (Å²) in [5.74, 6) is -1.52. The van der Waals surface area contributed by atoms with Gasteiger partial charge in [0.25, 0.3) is 0 Å². The van der Waals surface area contributed by atoms with Gasteiger partial charge >= 0.3 is 12.1 Å². The number of carbonyl (C=O) groups excluding carboxylic acids is 1. The lowest BCUT2D eigenvalue weighted by atomic mass is 9.82. The van der Waals surface area contributed by atoms with E-state index in [0.29, 0.717) is 12.8 Å². The monoisotopic (exact) mass is 353 g/mol. The standard InChI is InChI=1S/C21H23NO4/c1-15-12-13-18(20(23)24)19(17-10-6-3-7-11-17)22(15)21(25)26-14-16-8-4-2-5-9-16/h2-11,15,18-19H,12-14H2,1H3,(H,23,24). The van der Waals surface area contributed by atoms with Crippen LogP contribution in [0.2, 0.25) is 0 Å². The quantitative estimate of drug-likeness (QED) is 0.892. The number of amides is 1. The zero-order chi connectivity index (χ0) is 18.5. The maximum absolute atomic E-state index is 12.8. The fourth-order valence-electron chi connectivity index (χ4n) is 3.57. The van der Waals surface area contributed by atoms with Crippen molar-refractivity contribution < 1.29 is 19.4 Å². The molecule has 3 unspecified atom stereocenters. The van der Waals surface area contributed by atoms with Crippen LogP contribution in [0.25, 0.3) is 0 Å². The second-order valence-corrected chi connectivity index (χ2v) is 6.67. The number of rotatable bonds is 4. The van der Waals surface area contributed by atoms with E-state index >= 15 is 0 Å². The molecule has 0 aliphatic carbocycles. The molecule has 2 aromatic rings. The fraction of sp³-hybridized carbons (Fsp3) is 0.333. The summed E-state index contributed by atoms with van der Waals surface area (Å²) in [5, 5.41) is 9.68. The first-order chi connectivity index (χ1) is 12.6. The summed E-state index contributed by atoms with van der Waals surface area (Å²) in [6.45, 7) is 2.11. The van der Waals surface area contributed by atoms with Gasteiger partial charge in [0.2, 0.25) is 0 Å². The topological polar surface area (TPSA) is 66.8 Å². The van der Waals surface area contributed by atoms with Crippen molar-refractivity contribution >= 4 is 12.1 Å². The molecule has 0 saturated carbocycles. The number of piperidine rings is 1. The van der Waals surface area contributed by atoms with E-state index in [-0.39, 0.29) is 12.6 Å². The predicted octanol–water partition coefficient (Wildman–Crippen LogP) is 4.25. The van der Waals surface area contributed by atoms with Crippen molar-refractivity contribution in [3.05, 3.63) is 71.8 Å². The zero-order valence-corrected chi connectivity index (χ0v) is 14.7. The van der Waals surface area contributed by atoms with E-state index in [2.05, 4.69) is 0 Å². The van der Waals surface area contributed by atoms with Crippen molar-refractivity contribution in [2.24, 2.45) is 5.92 Å². The van der Waals surface area contributed by atoms with E-state index in [1.54, 1.807) is 4.90 Å². The molecule has 3 atom stereocenters. The van der Waals surface area contributed by atoms with Crippen LogP contribution >= 0.6 is 0 Å². The van der Waals surface area contributed by atoms with Crippen molar-refractivity contribution in [3.8, 4) is 0 Å². The number of aliphatic carboxylic acids is 1. The Morgan fingerprint density at radius 2 is 1.65 bits per heavy atom. The van der Waals surface area contributed by atoms with Crippen LogP contribution in [0.3, 0.4) is 0 Å². The number of likely N-dealkylation sites (tertiary alicyclic amines) is 1. The molecular formula is C21H23NO4. The average molecular weight is 353 g/mol. The van der Waals surface area contributed by atoms with Crippen molar-refractivity contribution in [2.45, 2.75) is 38.5 Å². The molecule has 1 aliphatic rings. The van der Waals surface area contributed by atoms with Gasteiger partial charge in [-0.15, -0.1) is 0 Å². The number of hydrogen-bond acceptors (Lipinski definition) is 3. The molecular weight excluding hydrogens is 330 g/mol. The summed E-state index contributed by atoms with van der Waals surface area (Å²) in [6, 6.07) is 18.2. The molecule has 0 radical (unpaired) electrons. The highest BCUT2D eigenvalue weighted by Gasteiger charge is 2.43. The lowest BCUT2D eigenvalue weighted by molar-refractivity contribution is -0.146. The highest BCUT2D eigenvalue weighted by molar-refractivity contribution is 5.75.